The Labute approximate surface area is 183 Å². The number of nitrogens with two attached hydrogens (primary N) is 1. The van der Waals surface area contributed by atoms with Crippen molar-refractivity contribution in [2.75, 3.05) is 29.2 Å². The van der Waals surface area contributed by atoms with Gasteiger partial charge < -0.3 is 15.0 Å². The van der Waals surface area contributed by atoms with E-state index in [1.807, 2.05) is 30.3 Å². The number of halogens is 1. The highest BCUT2D eigenvalue weighted by molar-refractivity contribution is 7.92. The molecular weight excluding hydrogens is 422 g/mol. The van der Waals surface area contributed by atoms with E-state index in [0.717, 1.165) is 47.3 Å². The molecule has 0 amide bonds. The molecule has 0 fully saturated rings. The first-order valence-electron chi connectivity index (χ1n) is 10.0. The molecule has 0 aliphatic heterocycles. The summed E-state index contributed by atoms with van der Waals surface area (Å²) >= 11 is 5.60. The van der Waals surface area contributed by atoms with Crippen molar-refractivity contribution < 1.29 is 13.2 Å². The fraction of sp³-hybridized carbons (Fsp3) is 0.364. The highest BCUT2D eigenvalue weighted by Gasteiger charge is 2.17. The Kier molecular flexibility index (Phi) is 7.15. The molecule has 6 nitrogen and oxygen atoms in total. The number of nitrogens with zero attached hydrogens (tertiary/aromatic N) is 1. The van der Waals surface area contributed by atoms with Crippen LogP contribution in [0.1, 0.15) is 26.2 Å². The Morgan fingerprint density at radius 1 is 1.13 bits per heavy atom. The average Bonchev–Trinajstić information content (AvgIpc) is 3.02. The van der Waals surface area contributed by atoms with Crippen LogP contribution < -0.4 is 15.2 Å². The number of ether oxygens (including phenoxy) is 1. The number of methoxy groups -OCH3 is 1. The third kappa shape index (κ3) is 4.84. The average molecular weight is 450 g/mol. The molecule has 3 aromatic rings. The summed E-state index contributed by atoms with van der Waals surface area (Å²) in [5.41, 5.74) is 10.7. The molecule has 0 spiro atoms. The van der Waals surface area contributed by atoms with Gasteiger partial charge in [0.1, 0.15) is 5.75 Å². The standard InChI is InChI=1S/C22H28ClN3O3S/c1-3-4-13-26-20-15-18(29-2)10-11-19(20)21(24)22(26)16-6-8-17(9-7-16)25-30(27,28)14-5-12-23/h6-11,15,25H,3-5,12-14,24H2,1-2H3. The van der Waals surface area contributed by atoms with Crippen molar-refractivity contribution in [1.29, 1.82) is 0 Å². The molecule has 0 radical (unpaired) electrons. The third-order valence-corrected chi connectivity index (χ3v) is 6.66. The van der Waals surface area contributed by atoms with Crippen LogP contribution in [-0.2, 0) is 16.6 Å². The predicted octanol–water partition coefficient (Wildman–Crippen LogP) is 5.07. The third-order valence-electron chi connectivity index (χ3n) is 5.02. The van der Waals surface area contributed by atoms with E-state index >= 15 is 0 Å². The first kappa shape index (κ1) is 22.3. The predicted molar refractivity (Wildman–Crippen MR) is 126 cm³/mol. The molecule has 0 aliphatic rings. The Morgan fingerprint density at radius 2 is 1.87 bits per heavy atom. The lowest BCUT2D eigenvalue weighted by molar-refractivity contribution is 0.415. The fourth-order valence-electron chi connectivity index (χ4n) is 3.51. The highest BCUT2D eigenvalue weighted by atomic mass is 35.5. The van der Waals surface area contributed by atoms with Crippen molar-refractivity contribution >= 4 is 43.9 Å². The van der Waals surface area contributed by atoms with Gasteiger partial charge in [-0.2, -0.15) is 0 Å². The lowest BCUT2D eigenvalue weighted by atomic mass is 10.1. The number of aromatic nitrogens is 1. The summed E-state index contributed by atoms with van der Waals surface area (Å²) < 4.78 is 34.4. The van der Waals surface area contributed by atoms with E-state index in [1.54, 1.807) is 19.2 Å². The zero-order chi connectivity index (χ0) is 21.7. The van der Waals surface area contributed by atoms with Gasteiger partial charge in [-0.3, -0.25) is 4.72 Å². The normalized spacial score (nSPS) is 11.7. The number of fused-ring (bicyclic) bond motifs is 1. The molecule has 0 aliphatic carbocycles. The van der Waals surface area contributed by atoms with Crippen molar-refractivity contribution in [3.05, 3.63) is 42.5 Å². The van der Waals surface area contributed by atoms with E-state index in [9.17, 15) is 8.42 Å². The SMILES string of the molecule is CCCCn1c(-c2ccc(NS(=O)(=O)CCCCl)cc2)c(N)c2ccc(OC)cc21. The minimum atomic E-state index is -3.41. The molecule has 3 rings (SSSR count). The molecule has 3 N–H and O–H groups in total. The molecule has 30 heavy (non-hydrogen) atoms. The smallest absolute Gasteiger partial charge is 0.232 e. The summed E-state index contributed by atoms with van der Waals surface area (Å²) in [5.74, 6) is 1.09. The first-order chi connectivity index (χ1) is 14.4. The van der Waals surface area contributed by atoms with Gasteiger partial charge >= 0.3 is 0 Å². The molecule has 0 atom stereocenters. The zero-order valence-electron chi connectivity index (χ0n) is 17.3. The van der Waals surface area contributed by atoms with Crippen LogP contribution in [0.2, 0.25) is 0 Å². The molecule has 0 bridgehead atoms. The van der Waals surface area contributed by atoms with E-state index in [-0.39, 0.29) is 5.75 Å². The number of anilines is 2. The minimum absolute atomic E-state index is 0.00170. The number of benzene rings is 2. The van der Waals surface area contributed by atoms with Crippen LogP contribution in [0.25, 0.3) is 22.2 Å². The van der Waals surface area contributed by atoms with Gasteiger partial charge in [0.05, 0.1) is 29.8 Å². The number of aryl methyl sites for hydroxylation is 1. The number of rotatable bonds is 10. The van der Waals surface area contributed by atoms with Gasteiger partial charge in [-0.1, -0.05) is 25.5 Å². The quantitative estimate of drug-likeness (QED) is 0.423. The highest BCUT2D eigenvalue weighted by Crippen LogP contribution is 2.38. The lowest BCUT2D eigenvalue weighted by Gasteiger charge is -2.13. The number of hydrogen-bond donors (Lipinski definition) is 2. The second-order valence-electron chi connectivity index (χ2n) is 7.19. The summed E-state index contributed by atoms with van der Waals surface area (Å²) in [5, 5.41) is 0.979. The molecule has 0 unspecified atom stereocenters. The van der Waals surface area contributed by atoms with Crippen LogP contribution in [0.15, 0.2) is 42.5 Å². The Hall–Kier alpha value is -2.38. The maximum Gasteiger partial charge on any atom is 0.232 e. The van der Waals surface area contributed by atoms with Crippen LogP contribution in [0.5, 0.6) is 5.75 Å². The van der Waals surface area contributed by atoms with Gasteiger partial charge in [0.25, 0.3) is 0 Å². The van der Waals surface area contributed by atoms with E-state index in [2.05, 4.69) is 16.2 Å². The van der Waals surface area contributed by atoms with Crippen LogP contribution in [-0.4, -0.2) is 31.7 Å². The fourth-order valence-corrected chi connectivity index (χ4v) is 4.93. The summed E-state index contributed by atoms with van der Waals surface area (Å²) in [6, 6.07) is 13.2. The second kappa shape index (κ2) is 9.62. The number of unbranched alkanes of at least 4 members (excludes halogenated alkanes) is 1. The Bertz CT molecular complexity index is 1110. The van der Waals surface area contributed by atoms with Gasteiger partial charge in [-0.05, 0) is 37.1 Å². The van der Waals surface area contributed by atoms with Crippen molar-refractivity contribution in [3.8, 4) is 17.0 Å². The summed E-state index contributed by atoms with van der Waals surface area (Å²) in [6.45, 7) is 2.99. The molecule has 8 heteroatoms. The topological polar surface area (TPSA) is 86.4 Å². The molecule has 1 aromatic heterocycles. The maximum atomic E-state index is 12.1. The number of sulfonamides is 1. The van der Waals surface area contributed by atoms with Gasteiger partial charge in [0.15, 0.2) is 0 Å². The Balaban J connectivity index is 2.00. The minimum Gasteiger partial charge on any atom is -0.497 e. The molecule has 0 saturated heterocycles. The molecular formula is C22H28ClN3O3S. The number of hydrogen-bond acceptors (Lipinski definition) is 4. The second-order valence-corrected chi connectivity index (χ2v) is 9.41. The monoisotopic (exact) mass is 449 g/mol. The first-order valence-corrected chi connectivity index (χ1v) is 12.2. The van der Waals surface area contributed by atoms with Crippen LogP contribution in [0.4, 0.5) is 11.4 Å². The lowest BCUT2D eigenvalue weighted by Crippen LogP contribution is -2.16. The van der Waals surface area contributed by atoms with Crippen LogP contribution in [0, 0.1) is 0 Å². The van der Waals surface area contributed by atoms with E-state index in [0.29, 0.717) is 23.7 Å². The van der Waals surface area contributed by atoms with Crippen molar-refractivity contribution in [1.82, 2.24) is 4.57 Å². The Morgan fingerprint density at radius 3 is 2.50 bits per heavy atom. The van der Waals surface area contributed by atoms with Crippen molar-refractivity contribution in [2.45, 2.75) is 32.7 Å². The number of alkyl halides is 1. The van der Waals surface area contributed by atoms with Crippen molar-refractivity contribution in [2.24, 2.45) is 0 Å². The van der Waals surface area contributed by atoms with E-state index in [1.165, 1.54) is 0 Å². The number of nitrogen functional groups attached to an aromatic ring is 1. The van der Waals surface area contributed by atoms with Gasteiger partial charge in [-0.15, -0.1) is 11.6 Å². The van der Waals surface area contributed by atoms with E-state index < -0.39 is 10.0 Å². The van der Waals surface area contributed by atoms with Gasteiger partial charge in [0, 0.05) is 35.1 Å². The molecule has 2 aromatic carbocycles. The number of nitrogens with one attached hydrogen (secondary N) is 1. The molecule has 0 saturated carbocycles. The summed E-state index contributed by atoms with van der Waals surface area (Å²) in [6.07, 6.45) is 2.49. The van der Waals surface area contributed by atoms with E-state index in [4.69, 9.17) is 22.1 Å². The van der Waals surface area contributed by atoms with Crippen LogP contribution >= 0.6 is 11.6 Å². The molecule has 162 valence electrons. The summed E-state index contributed by atoms with van der Waals surface area (Å²) in [7, 11) is -1.76. The zero-order valence-corrected chi connectivity index (χ0v) is 18.9. The molecule has 1 heterocycles. The van der Waals surface area contributed by atoms with Gasteiger partial charge in [0.2, 0.25) is 10.0 Å². The largest absolute Gasteiger partial charge is 0.497 e. The van der Waals surface area contributed by atoms with Gasteiger partial charge in [-0.25, -0.2) is 8.42 Å². The summed E-state index contributed by atoms with van der Waals surface area (Å²) in [4.78, 5) is 0. The maximum absolute atomic E-state index is 12.1. The van der Waals surface area contributed by atoms with Crippen LogP contribution in [0.3, 0.4) is 0 Å². The van der Waals surface area contributed by atoms with Crippen molar-refractivity contribution in [3.63, 3.8) is 0 Å².